The number of benzene rings is 2. The highest BCUT2D eigenvalue weighted by Gasteiger charge is 2.24. The summed E-state index contributed by atoms with van der Waals surface area (Å²) in [5.41, 5.74) is 0.583. The van der Waals surface area contributed by atoms with Crippen molar-refractivity contribution in [1.82, 2.24) is 0 Å². The van der Waals surface area contributed by atoms with Crippen molar-refractivity contribution in [1.29, 1.82) is 0 Å². The van der Waals surface area contributed by atoms with E-state index in [0.717, 1.165) is 10.6 Å². The molecule has 0 aliphatic heterocycles. The highest BCUT2D eigenvalue weighted by molar-refractivity contribution is 7.92. The van der Waals surface area contributed by atoms with Gasteiger partial charge in [-0.3, -0.25) is 9.10 Å². The van der Waals surface area contributed by atoms with Gasteiger partial charge in [-0.05, 0) is 30.3 Å². The fourth-order valence-corrected chi connectivity index (χ4v) is 3.72. The van der Waals surface area contributed by atoms with Crippen LogP contribution in [0.3, 0.4) is 0 Å². The van der Waals surface area contributed by atoms with Gasteiger partial charge in [-0.1, -0.05) is 23.2 Å². The van der Waals surface area contributed by atoms with Gasteiger partial charge in [0.1, 0.15) is 18.0 Å². The zero-order valence-electron chi connectivity index (χ0n) is 14.8. The second-order valence-electron chi connectivity index (χ2n) is 5.48. The molecule has 2 aromatic rings. The van der Waals surface area contributed by atoms with E-state index in [1.165, 1.54) is 26.4 Å². The second kappa shape index (κ2) is 8.69. The highest BCUT2D eigenvalue weighted by Crippen LogP contribution is 2.37. The van der Waals surface area contributed by atoms with Crippen molar-refractivity contribution in [2.24, 2.45) is 0 Å². The van der Waals surface area contributed by atoms with Crippen LogP contribution in [0.5, 0.6) is 11.5 Å². The van der Waals surface area contributed by atoms with E-state index < -0.39 is 22.5 Å². The molecule has 146 valence electrons. The molecule has 1 N–H and O–H groups in total. The normalized spacial score (nSPS) is 11.0. The lowest BCUT2D eigenvalue weighted by atomic mass is 10.3. The van der Waals surface area contributed by atoms with Crippen LogP contribution < -0.4 is 19.1 Å². The van der Waals surface area contributed by atoms with Gasteiger partial charge in [0.15, 0.2) is 0 Å². The summed E-state index contributed by atoms with van der Waals surface area (Å²) in [4.78, 5) is 12.4. The molecule has 0 spiro atoms. The Kier molecular flexibility index (Phi) is 6.80. The average Bonchev–Trinajstić information content (AvgIpc) is 2.60. The molecule has 27 heavy (non-hydrogen) atoms. The zero-order valence-corrected chi connectivity index (χ0v) is 17.2. The Bertz CT molecular complexity index is 933. The molecule has 0 fully saturated rings. The van der Waals surface area contributed by atoms with E-state index in [-0.39, 0.29) is 21.5 Å². The summed E-state index contributed by atoms with van der Waals surface area (Å²) in [6, 6.07) is 9.35. The zero-order chi connectivity index (χ0) is 20.2. The van der Waals surface area contributed by atoms with Crippen LogP contribution in [-0.4, -0.2) is 41.3 Å². The minimum absolute atomic E-state index is 0.0727. The molecule has 0 aliphatic carbocycles. The van der Waals surface area contributed by atoms with Crippen LogP contribution in [-0.2, 0) is 14.8 Å². The summed E-state index contributed by atoms with van der Waals surface area (Å²) < 4.78 is 35.5. The standard InChI is InChI=1S/C17H18Cl2N2O5S/c1-25-12-6-4-11(5-7-12)20-17(22)10-21(27(3,23)24)15-9-16(26-2)14(19)8-13(15)18/h4-9H,10H2,1-3H3,(H,20,22). The average molecular weight is 433 g/mol. The smallest absolute Gasteiger partial charge is 0.245 e. The lowest BCUT2D eigenvalue weighted by molar-refractivity contribution is -0.114. The Morgan fingerprint density at radius 3 is 2.22 bits per heavy atom. The van der Waals surface area contributed by atoms with E-state index in [0.29, 0.717) is 11.4 Å². The number of carbonyl (C=O) groups is 1. The summed E-state index contributed by atoms with van der Waals surface area (Å²) in [5.74, 6) is 0.321. The molecule has 2 rings (SSSR count). The molecule has 2 aromatic carbocycles. The van der Waals surface area contributed by atoms with Crippen LogP contribution in [0.4, 0.5) is 11.4 Å². The van der Waals surface area contributed by atoms with E-state index in [1.54, 1.807) is 24.3 Å². The summed E-state index contributed by atoms with van der Waals surface area (Å²) in [6.45, 7) is -0.477. The molecule has 0 aliphatic rings. The van der Waals surface area contributed by atoms with Crippen molar-refractivity contribution in [2.75, 3.05) is 36.6 Å². The Labute approximate surface area is 167 Å². The Balaban J connectivity index is 2.28. The van der Waals surface area contributed by atoms with Crippen molar-refractivity contribution < 1.29 is 22.7 Å². The number of hydrogen-bond acceptors (Lipinski definition) is 5. The van der Waals surface area contributed by atoms with Crippen molar-refractivity contribution in [3.63, 3.8) is 0 Å². The molecule has 0 atom stereocenters. The van der Waals surface area contributed by atoms with E-state index in [1.807, 2.05) is 0 Å². The SMILES string of the molecule is COc1ccc(NC(=O)CN(c2cc(OC)c(Cl)cc2Cl)S(C)(=O)=O)cc1. The highest BCUT2D eigenvalue weighted by atomic mass is 35.5. The largest absolute Gasteiger partial charge is 0.497 e. The maximum absolute atomic E-state index is 12.4. The van der Waals surface area contributed by atoms with Gasteiger partial charge in [-0.25, -0.2) is 8.42 Å². The third-order valence-corrected chi connectivity index (χ3v) is 5.28. The summed E-state index contributed by atoms with van der Waals surface area (Å²) in [7, 11) is -0.888. The van der Waals surface area contributed by atoms with Crippen molar-refractivity contribution in [3.05, 3.63) is 46.4 Å². The van der Waals surface area contributed by atoms with E-state index in [2.05, 4.69) is 5.32 Å². The van der Waals surface area contributed by atoms with Crippen molar-refractivity contribution in [3.8, 4) is 11.5 Å². The van der Waals surface area contributed by atoms with Gasteiger partial charge in [0.25, 0.3) is 0 Å². The number of nitrogens with one attached hydrogen (secondary N) is 1. The maximum atomic E-state index is 12.4. The molecule has 10 heteroatoms. The van der Waals surface area contributed by atoms with Crippen LogP contribution in [0.2, 0.25) is 10.0 Å². The predicted octanol–water partition coefficient (Wildman–Crippen LogP) is 3.42. The molecule has 0 aromatic heterocycles. The fourth-order valence-electron chi connectivity index (χ4n) is 2.25. The van der Waals surface area contributed by atoms with E-state index in [9.17, 15) is 13.2 Å². The molecule has 0 radical (unpaired) electrons. The molecule has 1 amide bonds. The first-order chi connectivity index (χ1) is 12.7. The Hall–Kier alpha value is -2.16. The van der Waals surface area contributed by atoms with E-state index in [4.69, 9.17) is 32.7 Å². The van der Waals surface area contributed by atoms with Gasteiger partial charge in [0.2, 0.25) is 15.9 Å². The number of carbonyl (C=O) groups excluding carboxylic acids is 1. The van der Waals surface area contributed by atoms with Gasteiger partial charge in [-0.15, -0.1) is 0 Å². The van der Waals surface area contributed by atoms with Gasteiger partial charge in [-0.2, -0.15) is 0 Å². The first-order valence-electron chi connectivity index (χ1n) is 7.60. The number of sulfonamides is 1. The molecule has 0 heterocycles. The fraction of sp³-hybridized carbons (Fsp3) is 0.235. The number of methoxy groups -OCH3 is 2. The van der Waals surface area contributed by atoms with Crippen LogP contribution in [0.25, 0.3) is 0 Å². The lowest BCUT2D eigenvalue weighted by Gasteiger charge is -2.23. The maximum Gasteiger partial charge on any atom is 0.245 e. The number of rotatable bonds is 7. The molecule has 0 bridgehead atoms. The van der Waals surface area contributed by atoms with Crippen LogP contribution in [0.15, 0.2) is 36.4 Å². The summed E-state index contributed by atoms with van der Waals surface area (Å²) in [5, 5.41) is 2.92. The minimum Gasteiger partial charge on any atom is -0.497 e. The number of ether oxygens (including phenoxy) is 2. The second-order valence-corrected chi connectivity index (χ2v) is 8.21. The monoisotopic (exact) mass is 432 g/mol. The first-order valence-corrected chi connectivity index (χ1v) is 10.2. The van der Waals surface area contributed by atoms with Crippen LogP contribution in [0.1, 0.15) is 0 Å². The first kappa shape index (κ1) is 21.1. The minimum atomic E-state index is -3.81. The van der Waals surface area contributed by atoms with Crippen molar-refractivity contribution in [2.45, 2.75) is 0 Å². The molecule has 0 saturated carbocycles. The van der Waals surface area contributed by atoms with Gasteiger partial charge in [0, 0.05) is 11.8 Å². The number of amides is 1. The van der Waals surface area contributed by atoms with Crippen molar-refractivity contribution >= 4 is 50.5 Å². The van der Waals surface area contributed by atoms with Crippen LogP contribution >= 0.6 is 23.2 Å². The Morgan fingerprint density at radius 1 is 1.07 bits per heavy atom. The quantitative estimate of drug-likeness (QED) is 0.724. The Morgan fingerprint density at radius 2 is 1.70 bits per heavy atom. The number of hydrogen-bond donors (Lipinski definition) is 1. The predicted molar refractivity (Wildman–Crippen MR) is 107 cm³/mol. The third kappa shape index (κ3) is 5.41. The molecule has 0 saturated heterocycles. The van der Waals surface area contributed by atoms with E-state index >= 15 is 0 Å². The molecule has 7 nitrogen and oxygen atoms in total. The van der Waals surface area contributed by atoms with Crippen LogP contribution in [0, 0.1) is 0 Å². The number of anilines is 2. The lowest BCUT2D eigenvalue weighted by Crippen LogP contribution is -2.37. The van der Waals surface area contributed by atoms with Gasteiger partial charge >= 0.3 is 0 Å². The summed E-state index contributed by atoms with van der Waals surface area (Å²) >= 11 is 12.1. The third-order valence-electron chi connectivity index (χ3n) is 3.55. The van der Waals surface area contributed by atoms with Gasteiger partial charge in [0.05, 0.1) is 36.2 Å². The number of halogens is 2. The summed E-state index contributed by atoms with van der Waals surface area (Å²) in [6.07, 6.45) is 0.977. The number of nitrogens with zero attached hydrogens (tertiary/aromatic N) is 1. The molecular weight excluding hydrogens is 415 g/mol. The molecular formula is C17H18Cl2N2O5S. The molecule has 0 unspecified atom stereocenters. The topological polar surface area (TPSA) is 84.9 Å². The van der Waals surface area contributed by atoms with Gasteiger partial charge < -0.3 is 14.8 Å².